The summed E-state index contributed by atoms with van der Waals surface area (Å²) < 4.78 is 16.9. The van der Waals surface area contributed by atoms with Crippen molar-refractivity contribution in [2.24, 2.45) is 0 Å². The summed E-state index contributed by atoms with van der Waals surface area (Å²) in [5.41, 5.74) is 0.317. The maximum atomic E-state index is 12.3. The standard InChI is InChI=1S/C19H18N2O5/c1-24-14-6-8-15(9-7-14)25-10-11-26-18(22)12-21-13-20-17-5-3-2-4-16(17)19(21)23/h2-9,13H,10-12H2,1H3. The van der Waals surface area contributed by atoms with E-state index >= 15 is 0 Å². The molecule has 0 atom stereocenters. The molecule has 0 unspecified atom stereocenters. The van der Waals surface area contributed by atoms with Gasteiger partial charge in [0.05, 0.1) is 24.3 Å². The number of esters is 1. The first kappa shape index (κ1) is 17.5. The highest BCUT2D eigenvalue weighted by Gasteiger charge is 2.09. The molecule has 0 bridgehead atoms. The normalized spacial score (nSPS) is 10.5. The van der Waals surface area contributed by atoms with Gasteiger partial charge < -0.3 is 14.2 Å². The van der Waals surface area contributed by atoms with Crippen LogP contribution in [-0.4, -0.2) is 35.8 Å². The second kappa shape index (κ2) is 8.15. The largest absolute Gasteiger partial charge is 0.497 e. The summed E-state index contributed by atoms with van der Waals surface area (Å²) in [6, 6.07) is 14.1. The van der Waals surface area contributed by atoms with Crippen LogP contribution < -0.4 is 15.0 Å². The molecule has 26 heavy (non-hydrogen) atoms. The number of nitrogens with zero attached hydrogens (tertiary/aromatic N) is 2. The molecule has 0 spiro atoms. The van der Waals surface area contributed by atoms with Gasteiger partial charge in [0.25, 0.3) is 5.56 Å². The lowest BCUT2D eigenvalue weighted by atomic mass is 10.2. The first-order valence-electron chi connectivity index (χ1n) is 8.04. The molecule has 0 aliphatic rings. The molecule has 0 aliphatic heterocycles. The van der Waals surface area contributed by atoms with Crippen molar-refractivity contribution in [2.45, 2.75) is 6.54 Å². The third-order valence-electron chi connectivity index (χ3n) is 3.71. The molecule has 1 aromatic heterocycles. The Balaban J connectivity index is 1.50. The quantitative estimate of drug-likeness (QED) is 0.477. The fourth-order valence-corrected chi connectivity index (χ4v) is 2.39. The Labute approximate surface area is 149 Å². The van der Waals surface area contributed by atoms with Crippen LogP contribution in [0.3, 0.4) is 0 Å². The summed E-state index contributed by atoms with van der Waals surface area (Å²) in [5.74, 6) is 0.859. The van der Waals surface area contributed by atoms with Crippen LogP contribution >= 0.6 is 0 Å². The molecule has 0 fully saturated rings. The van der Waals surface area contributed by atoms with Crippen LogP contribution in [0.2, 0.25) is 0 Å². The van der Waals surface area contributed by atoms with Gasteiger partial charge in [-0.05, 0) is 36.4 Å². The Morgan fingerprint density at radius 2 is 1.77 bits per heavy atom. The lowest BCUT2D eigenvalue weighted by molar-refractivity contribution is -0.145. The fourth-order valence-electron chi connectivity index (χ4n) is 2.39. The lowest BCUT2D eigenvalue weighted by Gasteiger charge is -2.09. The highest BCUT2D eigenvalue weighted by molar-refractivity contribution is 5.77. The lowest BCUT2D eigenvalue weighted by Crippen LogP contribution is -2.26. The van der Waals surface area contributed by atoms with E-state index < -0.39 is 5.97 Å². The van der Waals surface area contributed by atoms with E-state index in [2.05, 4.69) is 4.98 Å². The summed E-state index contributed by atoms with van der Waals surface area (Å²) >= 11 is 0. The average Bonchev–Trinajstić information content (AvgIpc) is 2.68. The van der Waals surface area contributed by atoms with Crippen LogP contribution in [0.25, 0.3) is 10.9 Å². The van der Waals surface area contributed by atoms with Crippen LogP contribution in [0.4, 0.5) is 0 Å². The van der Waals surface area contributed by atoms with Gasteiger partial charge in [0.1, 0.15) is 31.3 Å². The molecule has 0 radical (unpaired) electrons. The molecule has 0 N–H and O–H groups in total. The molecule has 134 valence electrons. The van der Waals surface area contributed by atoms with Crippen molar-refractivity contribution in [1.82, 2.24) is 9.55 Å². The summed E-state index contributed by atoms with van der Waals surface area (Å²) in [6.07, 6.45) is 1.35. The van der Waals surface area contributed by atoms with Crippen molar-refractivity contribution in [2.75, 3.05) is 20.3 Å². The molecule has 3 rings (SSSR count). The zero-order valence-corrected chi connectivity index (χ0v) is 14.3. The summed E-state index contributed by atoms with van der Waals surface area (Å²) in [5, 5.41) is 0.464. The predicted molar refractivity (Wildman–Crippen MR) is 95.5 cm³/mol. The van der Waals surface area contributed by atoms with Gasteiger partial charge in [-0.15, -0.1) is 0 Å². The Bertz CT molecular complexity index is 950. The molecule has 2 aromatic carbocycles. The van der Waals surface area contributed by atoms with Crippen LogP contribution in [0.5, 0.6) is 11.5 Å². The Kier molecular flexibility index (Phi) is 5.48. The number of methoxy groups -OCH3 is 1. The second-order valence-electron chi connectivity index (χ2n) is 5.44. The Morgan fingerprint density at radius 3 is 2.54 bits per heavy atom. The Morgan fingerprint density at radius 1 is 1.04 bits per heavy atom. The van der Waals surface area contributed by atoms with E-state index in [4.69, 9.17) is 14.2 Å². The van der Waals surface area contributed by atoms with Crippen LogP contribution in [-0.2, 0) is 16.1 Å². The number of benzene rings is 2. The maximum Gasteiger partial charge on any atom is 0.326 e. The van der Waals surface area contributed by atoms with Gasteiger partial charge in [-0.3, -0.25) is 14.2 Å². The highest BCUT2D eigenvalue weighted by atomic mass is 16.6. The van der Waals surface area contributed by atoms with Gasteiger partial charge >= 0.3 is 5.97 Å². The SMILES string of the molecule is COc1ccc(OCCOC(=O)Cn2cnc3ccccc3c2=O)cc1. The number of para-hydroxylation sites is 1. The molecule has 7 heteroatoms. The first-order valence-corrected chi connectivity index (χ1v) is 8.04. The molecule has 1 heterocycles. The van der Waals surface area contributed by atoms with E-state index in [0.717, 1.165) is 5.75 Å². The molecule has 0 aliphatic carbocycles. The van der Waals surface area contributed by atoms with E-state index in [0.29, 0.717) is 16.7 Å². The smallest absolute Gasteiger partial charge is 0.326 e. The van der Waals surface area contributed by atoms with Gasteiger partial charge in [-0.2, -0.15) is 0 Å². The van der Waals surface area contributed by atoms with E-state index in [-0.39, 0.29) is 25.3 Å². The molecule has 3 aromatic rings. The molecular formula is C19H18N2O5. The third kappa shape index (κ3) is 4.18. The number of carbonyl (C=O) groups excluding carboxylic acids is 1. The van der Waals surface area contributed by atoms with E-state index in [9.17, 15) is 9.59 Å². The number of aromatic nitrogens is 2. The predicted octanol–water partition coefficient (Wildman–Crippen LogP) is 2.03. The van der Waals surface area contributed by atoms with Crippen LogP contribution in [0.15, 0.2) is 59.7 Å². The maximum absolute atomic E-state index is 12.3. The fraction of sp³-hybridized carbons (Fsp3) is 0.211. The number of hydrogen-bond donors (Lipinski definition) is 0. The summed E-state index contributed by atoms with van der Waals surface area (Å²) in [4.78, 5) is 28.4. The van der Waals surface area contributed by atoms with Crippen molar-refractivity contribution in [1.29, 1.82) is 0 Å². The molecular weight excluding hydrogens is 336 g/mol. The zero-order chi connectivity index (χ0) is 18.4. The number of carbonyl (C=O) groups is 1. The van der Waals surface area contributed by atoms with Crippen molar-refractivity contribution >= 4 is 16.9 Å². The number of fused-ring (bicyclic) bond motifs is 1. The minimum Gasteiger partial charge on any atom is -0.497 e. The number of ether oxygens (including phenoxy) is 3. The minimum absolute atomic E-state index is 0.0840. The van der Waals surface area contributed by atoms with Gasteiger partial charge in [-0.1, -0.05) is 12.1 Å². The van der Waals surface area contributed by atoms with E-state index in [1.54, 1.807) is 55.6 Å². The van der Waals surface area contributed by atoms with Crippen molar-refractivity contribution in [3.8, 4) is 11.5 Å². The van der Waals surface area contributed by atoms with Crippen molar-refractivity contribution < 1.29 is 19.0 Å². The average molecular weight is 354 g/mol. The van der Waals surface area contributed by atoms with Crippen molar-refractivity contribution in [3.05, 3.63) is 65.2 Å². The van der Waals surface area contributed by atoms with Crippen molar-refractivity contribution in [3.63, 3.8) is 0 Å². The third-order valence-corrected chi connectivity index (χ3v) is 3.71. The summed E-state index contributed by atoms with van der Waals surface area (Å²) in [7, 11) is 1.59. The van der Waals surface area contributed by atoms with Gasteiger partial charge in [-0.25, -0.2) is 4.98 Å². The van der Waals surface area contributed by atoms with Gasteiger partial charge in [0.2, 0.25) is 0 Å². The monoisotopic (exact) mass is 354 g/mol. The molecule has 7 nitrogen and oxygen atoms in total. The number of hydrogen-bond acceptors (Lipinski definition) is 6. The molecule has 0 saturated carbocycles. The first-order chi connectivity index (χ1) is 12.7. The minimum atomic E-state index is -0.525. The topological polar surface area (TPSA) is 79.7 Å². The van der Waals surface area contributed by atoms with Gasteiger partial charge in [0, 0.05) is 0 Å². The second-order valence-corrected chi connectivity index (χ2v) is 5.44. The van der Waals surface area contributed by atoms with Crippen LogP contribution in [0.1, 0.15) is 0 Å². The van der Waals surface area contributed by atoms with E-state index in [1.165, 1.54) is 10.9 Å². The van der Waals surface area contributed by atoms with E-state index in [1.807, 2.05) is 0 Å². The highest BCUT2D eigenvalue weighted by Crippen LogP contribution is 2.16. The molecule has 0 amide bonds. The number of rotatable bonds is 7. The summed E-state index contributed by atoms with van der Waals surface area (Å²) in [6.45, 7) is 0.1000. The zero-order valence-electron chi connectivity index (χ0n) is 14.3. The van der Waals surface area contributed by atoms with Crippen LogP contribution in [0, 0.1) is 0 Å². The van der Waals surface area contributed by atoms with Gasteiger partial charge in [0.15, 0.2) is 0 Å². The molecule has 0 saturated heterocycles. The Hall–Kier alpha value is -3.35.